The van der Waals surface area contributed by atoms with Gasteiger partial charge in [0.25, 0.3) is 0 Å². The van der Waals surface area contributed by atoms with Crippen LogP contribution in [0.1, 0.15) is 46.5 Å². The van der Waals surface area contributed by atoms with Gasteiger partial charge in [-0.25, -0.2) is 4.79 Å². The number of carboxylic acid groups (broad SMARTS) is 1. The van der Waals surface area contributed by atoms with Crippen LogP contribution >= 0.6 is 11.3 Å². The topological polar surface area (TPSA) is 50.2 Å². The van der Waals surface area contributed by atoms with E-state index in [1.54, 1.807) is 0 Å². The molecule has 3 nitrogen and oxygen atoms in total. The molecule has 1 unspecified atom stereocenters. The van der Waals surface area contributed by atoms with E-state index in [4.69, 9.17) is 5.11 Å². The largest absolute Gasteiger partial charge is 0.477 e. The second kappa shape index (κ2) is 6.48. The van der Waals surface area contributed by atoms with Crippen molar-refractivity contribution in [2.75, 3.05) is 0 Å². The third-order valence-electron chi connectivity index (χ3n) is 3.30. The van der Waals surface area contributed by atoms with E-state index in [-0.39, 0.29) is 0 Å². The van der Waals surface area contributed by atoms with Crippen molar-refractivity contribution in [3.05, 3.63) is 52.0 Å². The van der Waals surface area contributed by atoms with Crippen molar-refractivity contribution in [2.45, 2.75) is 32.1 Å². The van der Waals surface area contributed by atoms with Gasteiger partial charge in [-0.05, 0) is 59.9 Å². The van der Waals surface area contributed by atoms with E-state index in [1.807, 2.05) is 36.0 Å². The lowest BCUT2D eigenvalue weighted by molar-refractivity contribution is 0.0701. The maximum absolute atomic E-state index is 11.0. The fourth-order valence-corrected chi connectivity index (χ4v) is 2.97. The highest BCUT2D eigenvalue weighted by atomic mass is 32.1. The van der Waals surface area contributed by atoms with Crippen LogP contribution in [0.4, 0.5) is 0 Å². The molecule has 2 rings (SSSR count). The first-order chi connectivity index (χ1) is 9.18. The van der Waals surface area contributed by atoms with Gasteiger partial charge >= 0.3 is 5.97 Å². The summed E-state index contributed by atoms with van der Waals surface area (Å²) in [6, 6.07) is 6.00. The minimum atomic E-state index is -0.813. The lowest BCUT2D eigenvalue weighted by Crippen LogP contribution is -1.99. The molecule has 2 aromatic heterocycles. The van der Waals surface area contributed by atoms with Crippen molar-refractivity contribution in [1.29, 1.82) is 0 Å². The number of hydrogen-bond donors (Lipinski definition) is 1. The van der Waals surface area contributed by atoms with Crippen molar-refractivity contribution in [3.63, 3.8) is 0 Å². The highest BCUT2D eigenvalue weighted by molar-refractivity contribution is 7.12. The van der Waals surface area contributed by atoms with Gasteiger partial charge in [-0.1, -0.05) is 6.92 Å². The summed E-state index contributed by atoms with van der Waals surface area (Å²) in [6.45, 7) is 2.20. The molecule has 4 heteroatoms. The Balaban J connectivity index is 1.87. The zero-order valence-electron chi connectivity index (χ0n) is 10.9. The molecule has 0 aliphatic rings. The Labute approximate surface area is 116 Å². The lowest BCUT2D eigenvalue weighted by atomic mass is 9.95. The van der Waals surface area contributed by atoms with Gasteiger partial charge in [-0.15, -0.1) is 11.3 Å². The molecule has 0 bridgehead atoms. The first-order valence-corrected chi connectivity index (χ1v) is 7.26. The molecular weight excluding hydrogens is 258 g/mol. The minimum Gasteiger partial charge on any atom is -0.477 e. The first kappa shape index (κ1) is 13.7. The molecule has 1 N–H and O–H groups in total. The van der Waals surface area contributed by atoms with Crippen LogP contribution in [0, 0.1) is 0 Å². The Morgan fingerprint density at radius 1 is 1.37 bits per heavy atom. The van der Waals surface area contributed by atoms with Crippen molar-refractivity contribution < 1.29 is 9.90 Å². The van der Waals surface area contributed by atoms with Crippen LogP contribution in [0.2, 0.25) is 0 Å². The second-order valence-electron chi connectivity index (χ2n) is 4.65. The SMILES string of the molecule is CC(CCCc1ccsc1C(=O)O)c1ccncc1. The molecule has 0 aromatic carbocycles. The predicted octanol–water partition coefficient (Wildman–Crippen LogP) is 3.97. The lowest BCUT2D eigenvalue weighted by Gasteiger charge is -2.11. The highest BCUT2D eigenvalue weighted by Gasteiger charge is 2.12. The summed E-state index contributed by atoms with van der Waals surface area (Å²) in [4.78, 5) is 15.5. The fourth-order valence-electron chi connectivity index (χ4n) is 2.18. The molecule has 0 spiro atoms. The monoisotopic (exact) mass is 275 g/mol. The van der Waals surface area contributed by atoms with Crippen LogP contribution in [0.3, 0.4) is 0 Å². The minimum absolute atomic E-state index is 0.481. The molecule has 0 aliphatic carbocycles. The van der Waals surface area contributed by atoms with E-state index >= 15 is 0 Å². The van der Waals surface area contributed by atoms with Crippen LogP contribution in [0.15, 0.2) is 36.0 Å². The zero-order valence-corrected chi connectivity index (χ0v) is 11.7. The molecule has 0 radical (unpaired) electrons. The van der Waals surface area contributed by atoms with E-state index < -0.39 is 5.97 Å². The van der Waals surface area contributed by atoms with Crippen molar-refractivity contribution >= 4 is 17.3 Å². The van der Waals surface area contributed by atoms with Gasteiger partial charge < -0.3 is 5.11 Å². The summed E-state index contributed by atoms with van der Waals surface area (Å²) in [5.74, 6) is -0.331. The Morgan fingerprint density at radius 2 is 2.11 bits per heavy atom. The Morgan fingerprint density at radius 3 is 2.79 bits per heavy atom. The van der Waals surface area contributed by atoms with Crippen LogP contribution in [-0.2, 0) is 6.42 Å². The van der Waals surface area contributed by atoms with E-state index in [1.165, 1.54) is 16.9 Å². The number of pyridine rings is 1. The maximum atomic E-state index is 11.0. The summed E-state index contributed by atoms with van der Waals surface area (Å²) in [7, 11) is 0. The number of rotatable bonds is 6. The Bertz CT molecular complexity index is 536. The van der Waals surface area contributed by atoms with Gasteiger partial charge in [0.1, 0.15) is 4.88 Å². The first-order valence-electron chi connectivity index (χ1n) is 6.38. The molecule has 0 saturated carbocycles. The third-order valence-corrected chi connectivity index (χ3v) is 4.24. The van der Waals surface area contributed by atoms with E-state index in [2.05, 4.69) is 11.9 Å². The van der Waals surface area contributed by atoms with Crippen LogP contribution in [0.25, 0.3) is 0 Å². The molecule has 100 valence electrons. The zero-order chi connectivity index (χ0) is 13.7. The van der Waals surface area contributed by atoms with E-state index in [0.29, 0.717) is 10.8 Å². The van der Waals surface area contributed by atoms with Crippen molar-refractivity contribution in [1.82, 2.24) is 4.98 Å². The van der Waals surface area contributed by atoms with Gasteiger partial charge in [0.15, 0.2) is 0 Å². The molecule has 1 atom stereocenters. The van der Waals surface area contributed by atoms with Crippen LogP contribution in [0.5, 0.6) is 0 Å². The number of aromatic nitrogens is 1. The number of hydrogen-bond acceptors (Lipinski definition) is 3. The molecule has 0 aliphatic heterocycles. The average molecular weight is 275 g/mol. The smallest absolute Gasteiger partial charge is 0.346 e. The molecule has 0 saturated heterocycles. The number of aryl methyl sites for hydroxylation is 1. The van der Waals surface area contributed by atoms with Gasteiger partial charge in [-0.2, -0.15) is 0 Å². The number of aromatic carboxylic acids is 1. The Kier molecular flexibility index (Phi) is 4.68. The predicted molar refractivity (Wildman–Crippen MR) is 76.9 cm³/mol. The third kappa shape index (κ3) is 3.64. The van der Waals surface area contributed by atoms with Gasteiger partial charge in [0.05, 0.1) is 0 Å². The number of thiophene rings is 1. The fraction of sp³-hybridized carbons (Fsp3) is 0.333. The molecule has 19 heavy (non-hydrogen) atoms. The van der Waals surface area contributed by atoms with E-state index in [9.17, 15) is 4.79 Å². The maximum Gasteiger partial charge on any atom is 0.346 e. The summed E-state index contributed by atoms with van der Waals surface area (Å²) in [5.41, 5.74) is 2.25. The normalized spacial score (nSPS) is 12.3. The summed E-state index contributed by atoms with van der Waals surface area (Å²) >= 11 is 1.31. The molecule has 0 amide bonds. The standard InChI is InChI=1S/C15H17NO2S/c1-11(12-5-8-16-9-6-12)3-2-4-13-7-10-19-14(13)15(17)18/h5-11H,2-4H2,1H3,(H,17,18). The van der Waals surface area contributed by atoms with E-state index in [0.717, 1.165) is 24.8 Å². The van der Waals surface area contributed by atoms with Crippen molar-refractivity contribution in [3.8, 4) is 0 Å². The van der Waals surface area contributed by atoms with Crippen LogP contribution < -0.4 is 0 Å². The highest BCUT2D eigenvalue weighted by Crippen LogP contribution is 2.23. The summed E-state index contributed by atoms with van der Waals surface area (Å²) in [5, 5.41) is 10.9. The number of carboxylic acids is 1. The molecular formula is C15H17NO2S. The van der Waals surface area contributed by atoms with Gasteiger partial charge in [0, 0.05) is 12.4 Å². The second-order valence-corrected chi connectivity index (χ2v) is 5.57. The summed E-state index contributed by atoms with van der Waals surface area (Å²) in [6.07, 6.45) is 6.51. The quantitative estimate of drug-likeness (QED) is 0.868. The molecule has 2 aromatic rings. The number of carbonyl (C=O) groups is 1. The number of nitrogens with zero attached hydrogens (tertiary/aromatic N) is 1. The average Bonchev–Trinajstić information content (AvgIpc) is 2.88. The van der Waals surface area contributed by atoms with Gasteiger partial charge in [-0.3, -0.25) is 4.98 Å². The van der Waals surface area contributed by atoms with Crippen molar-refractivity contribution in [2.24, 2.45) is 0 Å². The van der Waals surface area contributed by atoms with Crippen LogP contribution in [-0.4, -0.2) is 16.1 Å². The Hall–Kier alpha value is -1.68. The van der Waals surface area contributed by atoms with Gasteiger partial charge in [0.2, 0.25) is 0 Å². The summed E-state index contributed by atoms with van der Waals surface area (Å²) < 4.78 is 0. The molecule has 0 fully saturated rings. The molecule has 2 heterocycles.